The highest BCUT2D eigenvalue weighted by molar-refractivity contribution is 5.01. The van der Waals surface area contributed by atoms with Crippen molar-refractivity contribution in [3.8, 4) is 0 Å². The van der Waals surface area contributed by atoms with Crippen LogP contribution < -0.4 is 5.32 Å². The molecule has 0 aromatic carbocycles. The van der Waals surface area contributed by atoms with Crippen molar-refractivity contribution >= 4 is 0 Å². The van der Waals surface area contributed by atoms with Gasteiger partial charge in [0.25, 0.3) is 0 Å². The van der Waals surface area contributed by atoms with E-state index in [1.54, 1.807) is 0 Å². The average Bonchev–Trinajstić information content (AvgIpc) is 2.84. The van der Waals surface area contributed by atoms with Gasteiger partial charge in [-0.05, 0) is 26.3 Å². The van der Waals surface area contributed by atoms with Crippen LogP contribution in [0.15, 0.2) is 4.42 Å². The number of nitrogens with one attached hydrogen (secondary N) is 1. The topological polar surface area (TPSA) is 51.0 Å². The summed E-state index contributed by atoms with van der Waals surface area (Å²) in [5.74, 6) is 2.08. The molecule has 4 nitrogen and oxygen atoms in total. The molecule has 0 bridgehead atoms. The van der Waals surface area contributed by atoms with Crippen molar-refractivity contribution in [3.05, 3.63) is 11.8 Å². The number of hydrogen-bond acceptors (Lipinski definition) is 4. The van der Waals surface area contributed by atoms with E-state index in [-0.39, 0.29) is 6.04 Å². The average molecular weight is 181 g/mol. The minimum absolute atomic E-state index is 0.171. The predicted octanol–water partition coefficient (Wildman–Crippen LogP) is 1.62. The maximum absolute atomic E-state index is 5.54. The van der Waals surface area contributed by atoms with Gasteiger partial charge in [-0.25, -0.2) is 0 Å². The molecule has 4 heteroatoms. The summed E-state index contributed by atoms with van der Waals surface area (Å²) in [4.78, 5) is 0. The van der Waals surface area contributed by atoms with Gasteiger partial charge in [0.15, 0.2) is 0 Å². The normalized spacial score (nSPS) is 18.9. The van der Waals surface area contributed by atoms with Crippen molar-refractivity contribution in [2.24, 2.45) is 0 Å². The Morgan fingerprint density at radius 1 is 1.54 bits per heavy atom. The van der Waals surface area contributed by atoms with Crippen LogP contribution in [0.3, 0.4) is 0 Å². The summed E-state index contributed by atoms with van der Waals surface area (Å²) in [6.45, 7) is 5.02. The van der Waals surface area contributed by atoms with Gasteiger partial charge in [0, 0.05) is 5.92 Å². The van der Waals surface area contributed by atoms with E-state index in [0.29, 0.717) is 11.8 Å². The summed E-state index contributed by atoms with van der Waals surface area (Å²) >= 11 is 0. The molecule has 1 fully saturated rings. The largest absolute Gasteiger partial charge is 0.423 e. The maximum atomic E-state index is 5.54. The molecule has 0 radical (unpaired) electrons. The van der Waals surface area contributed by atoms with Crippen molar-refractivity contribution in [2.75, 3.05) is 6.54 Å². The fraction of sp³-hybridized carbons (Fsp3) is 0.778. The number of nitrogens with zero attached hydrogens (tertiary/aromatic N) is 2. The van der Waals surface area contributed by atoms with E-state index in [1.165, 1.54) is 12.8 Å². The third-order valence-corrected chi connectivity index (χ3v) is 2.26. The molecule has 1 aliphatic rings. The van der Waals surface area contributed by atoms with Gasteiger partial charge in [-0.15, -0.1) is 10.2 Å². The zero-order valence-corrected chi connectivity index (χ0v) is 8.08. The predicted molar refractivity (Wildman–Crippen MR) is 48.4 cm³/mol. The zero-order valence-electron chi connectivity index (χ0n) is 8.08. The van der Waals surface area contributed by atoms with Crippen LogP contribution in [0.2, 0.25) is 0 Å². The first kappa shape index (κ1) is 8.69. The van der Waals surface area contributed by atoms with Crippen molar-refractivity contribution in [3.63, 3.8) is 0 Å². The van der Waals surface area contributed by atoms with E-state index in [9.17, 15) is 0 Å². The van der Waals surface area contributed by atoms with E-state index in [1.807, 2.05) is 6.92 Å². The Morgan fingerprint density at radius 2 is 2.31 bits per heavy atom. The zero-order chi connectivity index (χ0) is 9.26. The van der Waals surface area contributed by atoms with Crippen molar-refractivity contribution in [1.82, 2.24) is 15.5 Å². The summed E-state index contributed by atoms with van der Waals surface area (Å²) in [5.41, 5.74) is 0. The highest BCUT2D eigenvalue weighted by atomic mass is 16.4. The molecule has 1 N–H and O–H groups in total. The lowest BCUT2D eigenvalue weighted by Crippen LogP contribution is -2.17. The lowest BCUT2D eigenvalue weighted by molar-refractivity contribution is 0.397. The standard InChI is InChI=1S/C9H15N3O/c1-3-10-6(2)8-11-12-9(13-8)7-4-5-7/h6-7,10H,3-5H2,1-2H3. The van der Waals surface area contributed by atoms with Gasteiger partial charge in [0.05, 0.1) is 6.04 Å². The van der Waals surface area contributed by atoms with Crippen LogP contribution >= 0.6 is 0 Å². The van der Waals surface area contributed by atoms with Crippen LogP contribution in [-0.4, -0.2) is 16.7 Å². The molecule has 1 atom stereocenters. The molecular weight excluding hydrogens is 166 g/mol. The Hall–Kier alpha value is -0.900. The van der Waals surface area contributed by atoms with E-state index in [2.05, 4.69) is 22.4 Å². The number of rotatable bonds is 4. The molecule has 0 spiro atoms. The van der Waals surface area contributed by atoms with E-state index in [0.717, 1.165) is 12.4 Å². The number of hydrogen-bond donors (Lipinski definition) is 1. The van der Waals surface area contributed by atoms with E-state index >= 15 is 0 Å². The molecule has 0 amide bonds. The van der Waals surface area contributed by atoms with Crippen LogP contribution in [0.1, 0.15) is 50.4 Å². The van der Waals surface area contributed by atoms with Gasteiger partial charge in [0.2, 0.25) is 11.8 Å². The Balaban J connectivity index is 2.03. The Kier molecular flexibility index (Phi) is 2.31. The first-order valence-electron chi connectivity index (χ1n) is 4.88. The molecule has 0 aliphatic heterocycles. The minimum Gasteiger partial charge on any atom is -0.423 e. The van der Waals surface area contributed by atoms with Crippen molar-refractivity contribution in [1.29, 1.82) is 0 Å². The van der Waals surface area contributed by atoms with Crippen molar-refractivity contribution < 1.29 is 4.42 Å². The van der Waals surface area contributed by atoms with Crippen LogP contribution in [0.4, 0.5) is 0 Å². The first-order valence-corrected chi connectivity index (χ1v) is 4.88. The second-order valence-electron chi connectivity index (χ2n) is 3.53. The molecule has 0 saturated heterocycles. The quantitative estimate of drug-likeness (QED) is 0.766. The molecule has 13 heavy (non-hydrogen) atoms. The van der Waals surface area contributed by atoms with Gasteiger partial charge < -0.3 is 9.73 Å². The minimum atomic E-state index is 0.171. The van der Waals surface area contributed by atoms with E-state index in [4.69, 9.17) is 4.42 Å². The van der Waals surface area contributed by atoms with Gasteiger partial charge in [-0.2, -0.15) is 0 Å². The van der Waals surface area contributed by atoms with Gasteiger partial charge in [-0.3, -0.25) is 0 Å². The molecule has 1 aliphatic carbocycles. The SMILES string of the molecule is CCNC(C)c1nnc(C2CC2)o1. The van der Waals surface area contributed by atoms with Crippen molar-refractivity contribution in [2.45, 2.75) is 38.6 Å². The summed E-state index contributed by atoms with van der Waals surface area (Å²) in [6, 6.07) is 0.171. The molecule has 1 aromatic rings. The second-order valence-corrected chi connectivity index (χ2v) is 3.53. The van der Waals surface area contributed by atoms with Gasteiger partial charge >= 0.3 is 0 Å². The molecular formula is C9H15N3O. The third kappa shape index (κ3) is 1.88. The second kappa shape index (κ2) is 3.46. The summed E-state index contributed by atoms with van der Waals surface area (Å²) in [7, 11) is 0. The highest BCUT2D eigenvalue weighted by Gasteiger charge is 2.29. The third-order valence-electron chi connectivity index (χ3n) is 2.26. The molecule has 1 unspecified atom stereocenters. The fourth-order valence-corrected chi connectivity index (χ4v) is 1.31. The van der Waals surface area contributed by atoms with Gasteiger partial charge in [0.1, 0.15) is 0 Å². The summed E-state index contributed by atoms with van der Waals surface area (Å²) < 4.78 is 5.54. The Morgan fingerprint density at radius 3 is 2.92 bits per heavy atom. The Labute approximate surface area is 77.7 Å². The van der Waals surface area contributed by atoms with Crippen LogP contribution in [-0.2, 0) is 0 Å². The maximum Gasteiger partial charge on any atom is 0.233 e. The first-order chi connectivity index (χ1) is 6.31. The summed E-state index contributed by atoms with van der Waals surface area (Å²) in [5, 5.41) is 11.3. The smallest absolute Gasteiger partial charge is 0.233 e. The monoisotopic (exact) mass is 181 g/mol. The molecule has 1 saturated carbocycles. The van der Waals surface area contributed by atoms with Gasteiger partial charge in [-0.1, -0.05) is 6.92 Å². The number of aromatic nitrogens is 2. The summed E-state index contributed by atoms with van der Waals surface area (Å²) in [6.07, 6.45) is 2.41. The molecule has 1 aromatic heterocycles. The molecule has 72 valence electrons. The van der Waals surface area contributed by atoms with Crippen LogP contribution in [0.25, 0.3) is 0 Å². The van der Waals surface area contributed by atoms with Crippen LogP contribution in [0, 0.1) is 0 Å². The highest BCUT2D eigenvalue weighted by Crippen LogP contribution is 2.39. The lowest BCUT2D eigenvalue weighted by atomic mass is 10.3. The van der Waals surface area contributed by atoms with E-state index < -0.39 is 0 Å². The van der Waals surface area contributed by atoms with Crippen LogP contribution in [0.5, 0.6) is 0 Å². The lowest BCUT2D eigenvalue weighted by Gasteiger charge is -2.05. The molecule has 1 heterocycles. The fourth-order valence-electron chi connectivity index (χ4n) is 1.31. The Bertz CT molecular complexity index is 280. The molecule has 2 rings (SSSR count).